The molecular formula is C14H11N7O3. The van der Waals surface area contributed by atoms with Crippen LogP contribution in [0.5, 0.6) is 0 Å². The fourth-order valence-corrected chi connectivity index (χ4v) is 1.98. The summed E-state index contributed by atoms with van der Waals surface area (Å²) >= 11 is 0. The molecule has 0 aliphatic heterocycles. The number of hydrogen-bond acceptors (Lipinski definition) is 7. The zero-order chi connectivity index (χ0) is 17.1. The lowest BCUT2D eigenvalue weighted by Crippen LogP contribution is -2.15. The van der Waals surface area contributed by atoms with Gasteiger partial charge in [0.1, 0.15) is 12.7 Å². The Labute approximate surface area is 135 Å². The number of anilines is 1. The smallest absolute Gasteiger partial charge is 0.276 e. The van der Waals surface area contributed by atoms with Crippen LogP contribution in [0.15, 0.2) is 43.0 Å². The quantitative estimate of drug-likeness (QED) is 0.568. The van der Waals surface area contributed by atoms with Crippen LogP contribution in [0.3, 0.4) is 0 Å². The monoisotopic (exact) mass is 325 g/mol. The normalized spacial score (nSPS) is 10.4. The first kappa shape index (κ1) is 15.2. The number of nitrogens with one attached hydrogen (secondary N) is 1. The van der Waals surface area contributed by atoms with Crippen LogP contribution in [0.25, 0.3) is 5.82 Å². The third kappa shape index (κ3) is 3.06. The van der Waals surface area contributed by atoms with E-state index in [0.717, 1.165) is 0 Å². The maximum atomic E-state index is 12.2. The molecule has 0 unspecified atom stereocenters. The van der Waals surface area contributed by atoms with Crippen LogP contribution in [0.2, 0.25) is 0 Å². The Bertz CT molecular complexity index is 891. The number of nitro groups is 1. The lowest BCUT2D eigenvalue weighted by Gasteiger charge is -2.07. The van der Waals surface area contributed by atoms with E-state index in [-0.39, 0.29) is 11.4 Å². The molecular weight excluding hydrogens is 314 g/mol. The van der Waals surface area contributed by atoms with Crippen LogP contribution in [-0.2, 0) is 0 Å². The zero-order valence-corrected chi connectivity index (χ0v) is 12.4. The Hall–Kier alpha value is -3.69. The van der Waals surface area contributed by atoms with Gasteiger partial charge in [0, 0.05) is 17.8 Å². The molecule has 0 spiro atoms. The van der Waals surface area contributed by atoms with E-state index < -0.39 is 10.8 Å². The lowest BCUT2D eigenvalue weighted by atomic mass is 10.1. The maximum Gasteiger partial charge on any atom is 0.276 e. The fraction of sp³-hybridized carbons (Fsp3) is 0.0714. The number of aryl methyl sites for hydroxylation is 1. The van der Waals surface area contributed by atoms with Gasteiger partial charge in [-0.05, 0) is 30.7 Å². The lowest BCUT2D eigenvalue weighted by molar-refractivity contribution is -0.384. The van der Waals surface area contributed by atoms with Gasteiger partial charge in [-0.1, -0.05) is 0 Å². The van der Waals surface area contributed by atoms with Crippen LogP contribution in [0.1, 0.15) is 16.1 Å². The summed E-state index contributed by atoms with van der Waals surface area (Å²) in [5.41, 5.74) is 1.11. The average Bonchev–Trinajstić information content (AvgIpc) is 3.11. The van der Waals surface area contributed by atoms with Gasteiger partial charge < -0.3 is 5.32 Å². The van der Waals surface area contributed by atoms with Gasteiger partial charge in [0.25, 0.3) is 11.6 Å². The van der Waals surface area contributed by atoms with E-state index in [2.05, 4.69) is 25.6 Å². The van der Waals surface area contributed by atoms with Gasteiger partial charge in [-0.25, -0.2) is 9.67 Å². The molecule has 0 aliphatic carbocycles. The van der Waals surface area contributed by atoms with E-state index in [0.29, 0.717) is 17.1 Å². The van der Waals surface area contributed by atoms with Crippen LogP contribution in [0.4, 0.5) is 11.4 Å². The summed E-state index contributed by atoms with van der Waals surface area (Å²) in [5, 5.41) is 25.0. The van der Waals surface area contributed by atoms with Crippen molar-refractivity contribution in [2.24, 2.45) is 0 Å². The van der Waals surface area contributed by atoms with Crippen molar-refractivity contribution in [3.05, 3.63) is 64.4 Å². The van der Waals surface area contributed by atoms with Crippen molar-refractivity contribution >= 4 is 17.3 Å². The number of benzene rings is 1. The summed E-state index contributed by atoms with van der Waals surface area (Å²) in [4.78, 5) is 26.2. The standard InChI is InChI=1S/C14H11N7O3/c1-9-6-10(21(23)24)2-3-11(9)17-14(22)12-4-5-13(19-18-12)20-8-15-7-16-20/h2-8H,1H3,(H,17,22). The molecule has 1 amide bonds. The minimum Gasteiger partial charge on any atom is -0.320 e. The summed E-state index contributed by atoms with van der Waals surface area (Å²) in [7, 11) is 0. The van der Waals surface area contributed by atoms with Crippen molar-refractivity contribution in [3.63, 3.8) is 0 Å². The van der Waals surface area contributed by atoms with E-state index in [1.807, 2.05) is 0 Å². The number of carbonyl (C=O) groups excluding carboxylic acids is 1. The number of amides is 1. The highest BCUT2D eigenvalue weighted by Crippen LogP contribution is 2.21. The summed E-state index contributed by atoms with van der Waals surface area (Å²) in [5.74, 6) is -0.0415. The zero-order valence-electron chi connectivity index (χ0n) is 12.4. The molecule has 0 fully saturated rings. The first-order chi connectivity index (χ1) is 11.5. The minimum atomic E-state index is -0.493. The fourth-order valence-electron chi connectivity index (χ4n) is 1.98. The number of hydrogen-bond donors (Lipinski definition) is 1. The van der Waals surface area contributed by atoms with Crippen molar-refractivity contribution < 1.29 is 9.72 Å². The Morgan fingerprint density at radius 2 is 2.08 bits per heavy atom. The second kappa shape index (κ2) is 6.20. The predicted molar refractivity (Wildman–Crippen MR) is 82.7 cm³/mol. The molecule has 1 aromatic carbocycles. The van der Waals surface area contributed by atoms with Gasteiger partial charge in [-0.15, -0.1) is 10.2 Å². The SMILES string of the molecule is Cc1cc([N+](=O)[O-])ccc1NC(=O)c1ccc(-n2cncn2)nn1. The Balaban J connectivity index is 1.76. The molecule has 10 nitrogen and oxygen atoms in total. The molecule has 0 radical (unpaired) electrons. The van der Waals surface area contributed by atoms with Gasteiger partial charge in [0.05, 0.1) is 4.92 Å². The molecule has 2 heterocycles. The number of nitrogens with zero attached hydrogens (tertiary/aromatic N) is 6. The number of carbonyl (C=O) groups is 1. The first-order valence-electron chi connectivity index (χ1n) is 6.80. The molecule has 1 N–H and O–H groups in total. The van der Waals surface area contributed by atoms with Gasteiger partial charge >= 0.3 is 0 Å². The largest absolute Gasteiger partial charge is 0.320 e. The Morgan fingerprint density at radius 1 is 1.25 bits per heavy atom. The molecule has 0 atom stereocenters. The first-order valence-corrected chi connectivity index (χ1v) is 6.80. The van der Waals surface area contributed by atoms with Crippen molar-refractivity contribution in [2.75, 3.05) is 5.32 Å². The molecule has 24 heavy (non-hydrogen) atoms. The third-order valence-corrected chi connectivity index (χ3v) is 3.21. The van der Waals surface area contributed by atoms with Gasteiger partial charge in [0.2, 0.25) is 0 Å². The van der Waals surface area contributed by atoms with E-state index in [1.54, 1.807) is 13.0 Å². The summed E-state index contributed by atoms with van der Waals surface area (Å²) in [6.07, 6.45) is 2.82. The van der Waals surface area contributed by atoms with Crippen LogP contribution in [-0.4, -0.2) is 35.8 Å². The van der Waals surface area contributed by atoms with E-state index in [1.165, 1.54) is 41.6 Å². The van der Waals surface area contributed by atoms with E-state index >= 15 is 0 Å². The molecule has 0 aliphatic rings. The summed E-state index contributed by atoms with van der Waals surface area (Å²) in [6, 6.07) is 7.26. The number of rotatable bonds is 4. The predicted octanol–water partition coefficient (Wildman–Crippen LogP) is 1.53. The van der Waals surface area contributed by atoms with Crippen molar-refractivity contribution in [3.8, 4) is 5.82 Å². The topological polar surface area (TPSA) is 129 Å². The summed E-state index contributed by atoms with van der Waals surface area (Å²) < 4.78 is 1.41. The second-order valence-corrected chi connectivity index (χ2v) is 4.83. The number of non-ortho nitro benzene ring substituents is 1. The highest BCUT2D eigenvalue weighted by atomic mass is 16.6. The average molecular weight is 325 g/mol. The maximum absolute atomic E-state index is 12.2. The molecule has 120 valence electrons. The molecule has 0 saturated carbocycles. The Kier molecular flexibility index (Phi) is 3.93. The van der Waals surface area contributed by atoms with E-state index in [4.69, 9.17) is 0 Å². The number of nitro benzene ring substituents is 1. The van der Waals surface area contributed by atoms with Crippen LogP contribution < -0.4 is 5.32 Å². The minimum absolute atomic E-state index is 0.0394. The summed E-state index contributed by atoms with van der Waals surface area (Å²) in [6.45, 7) is 1.67. The highest BCUT2D eigenvalue weighted by molar-refractivity contribution is 6.03. The highest BCUT2D eigenvalue weighted by Gasteiger charge is 2.13. The van der Waals surface area contributed by atoms with Crippen molar-refractivity contribution in [2.45, 2.75) is 6.92 Å². The number of aromatic nitrogens is 5. The molecule has 2 aromatic heterocycles. The Morgan fingerprint density at radius 3 is 2.67 bits per heavy atom. The molecule has 10 heteroatoms. The van der Waals surface area contributed by atoms with E-state index in [9.17, 15) is 14.9 Å². The van der Waals surface area contributed by atoms with Crippen LogP contribution >= 0.6 is 0 Å². The van der Waals surface area contributed by atoms with Crippen LogP contribution in [0, 0.1) is 17.0 Å². The van der Waals surface area contributed by atoms with Gasteiger partial charge in [-0.2, -0.15) is 5.10 Å². The molecule has 3 rings (SSSR count). The van der Waals surface area contributed by atoms with Crippen molar-refractivity contribution in [1.82, 2.24) is 25.0 Å². The molecule has 3 aromatic rings. The second-order valence-electron chi connectivity index (χ2n) is 4.83. The molecule has 0 bridgehead atoms. The van der Waals surface area contributed by atoms with Gasteiger partial charge in [0.15, 0.2) is 11.5 Å². The molecule has 0 saturated heterocycles. The third-order valence-electron chi connectivity index (χ3n) is 3.21. The van der Waals surface area contributed by atoms with Crippen molar-refractivity contribution in [1.29, 1.82) is 0 Å². The van der Waals surface area contributed by atoms with Gasteiger partial charge in [-0.3, -0.25) is 14.9 Å².